The third-order valence-corrected chi connectivity index (χ3v) is 4.05. The van der Waals surface area contributed by atoms with Crippen molar-refractivity contribution in [2.75, 3.05) is 0 Å². The highest BCUT2D eigenvalue weighted by atomic mass is 19.4. The van der Waals surface area contributed by atoms with Crippen LogP contribution in [0.4, 0.5) is 57.1 Å². The van der Waals surface area contributed by atoms with E-state index in [0.29, 0.717) is 5.56 Å². The maximum atomic E-state index is 13.5. The first-order valence-corrected chi connectivity index (χ1v) is 7.82. The Kier molecular flexibility index (Phi) is 6.87. The molecule has 0 N–H and O–H groups in total. The van der Waals surface area contributed by atoms with Crippen molar-refractivity contribution < 1.29 is 57.1 Å². The lowest BCUT2D eigenvalue weighted by Gasteiger charge is -2.39. The number of unbranched alkanes of at least 4 members (excludes halogenated alkanes) is 1. The van der Waals surface area contributed by atoms with Crippen molar-refractivity contribution in [3.05, 3.63) is 35.9 Å². The van der Waals surface area contributed by atoms with Crippen LogP contribution in [-0.2, 0) is 6.42 Å². The van der Waals surface area contributed by atoms with Crippen LogP contribution in [0.25, 0.3) is 0 Å². The summed E-state index contributed by atoms with van der Waals surface area (Å²) in [4.78, 5) is 0. The van der Waals surface area contributed by atoms with E-state index in [1.54, 1.807) is 18.2 Å². The molecule has 0 aliphatic heterocycles. The molecule has 13 heteroatoms. The summed E-state index contributed by atoms with van der Waals surface area (Å²) in [5, 5.41) is 0. The van der Waals surface area contributed by atoms with E-state index >= 15 is 0 Å². The Morgan fingerprint density at radius 1 is 0.517 bits per heavy atom. The monoisotopic (exact) mass is 452 g/mol. The summed E-state index contributed by atoms with van der Waals surface area (Å²) in [6, 6.07) is 7.71. The molecule has 0 atom stereocenters. The van der Waals surface area contributed by atoms with E-state index in [1.807, 2.05) is 0 Å². The number of hydrogen-bond acceptors (Lipinski definition) is 0. The lowest BCUT2D eigenvalue weighted by atomic mass is 9.91. The van der Waals surface area contributed by atoms with Gasteiger partial charge in [-0.05, 0) is 24.8 Å². The van der Waals surface area contributed by atoms with E-state index in [9.17, 15) is 57.1 Å². The fraction of sp³-hybridized carbons (Fsp3) is 0.625. The van der Waals surface area contributed by atoms with E-state index in [2.05, 4.69) is 0 Å². The number of alkyl halides is 13. The Morgan fingerprint density at radius 2 is 0.966 bits per heavy atom. The van der Waals surface area contributed by atoms with Crippen LogP contribution >= 0.6 is 0 Å². The molecule has 0 spiro atoms. The van der Waals surface area contributed by atoms with Gasteiger partial charge in [0.2, 0.25) is 0 Å². The number of halogens is 13. The SMILES string of the molecule is FC(F)(F)C(F)(F)C(F)(F)C(F)(F)C(F)(F)C(F)(F)CCCCc1ccccc1. The molecule has 1 rings (SSSR count). The lowest BCUT2D eigenvalue weighted by molar-refractivity contribution is -0.440. The quantitative estimate of drug-likeness (QED) is 0.276. The molecule has 0 amide bonds. The zero-order valence-corrected chi connectivity index (χ0v) is 14.1. The van der Waals surface area contributed by atoms with Gasteiger partial charge in [0, 0.05) is 6.42 Å². The first-order valence-electron chi connectivity index (χ1n) is 7.82. The third kappa shape index (κ3) is 4.42. The summed E-state index contributed by atoms with van der Waals surface area (Å²) in [6.45, 7) is 0. The van der Waals surface area contributed by atoms with E-state index in [4.69, 9.17) is 0 Å². The van der Waals surface area contributed by atoms with E-state index in [1.165, 1.54) is 12.1 Å². The molecule has 0 aliphatic rings. The van der Waals surface area contributed by atoms with Gasteiger partial charge in [0.1, 0.15) is 0 Å². The van der Waals surface area contributed by atoms with Gasteiger partial charge in [-0.15, -0.1) is 0 Å². The molecular weight excluding hydrogens is 439 g/mol. The fourth-order valence-corrected chi connectivity index (χ4v) is 2.28. The molecular formula is C16H13F13. The second-order valence-corrected chi connectivity index (χ2v) is 6.19. The van der Waals surface area contributed by atoms with Gasteiger partial charge in [0.05, 0.1) is 0 Å². The van der Waals surface area contributed by atoms with Crippen LogP contribution in [-0.4, -0.2) is 35.8 Å². The van der Waals surface area contributed by atoms with Gasteiger partial charge in [0.25, 0.3) is 0 Å². The van der Waals surface area contributed by atoms with Crippen LogP contribution < -0.4 is 0 Å². The average Bonchev–Trinajstić information content (AvgIpc) is 2.58. The first kappa shape index (κ1) is 25.3. The van der Waals surface area contributed by atoms with Crippen molar-refractivity contribution in [2.45, 2.75) is 61.5 Å². The summed E-state index contributed by atoms with van der Waals surface area (Å²) >= 11 is 0. The molecule has 0 heterocycles. The summed E-state index contributed by atoms with van der Waals surface area (Å²) in [7, 11) is 0. The van der Waals surface area contributed by atoms with Crippen LogP contribution in [0.15, 0.2) is 30.3 Å². The minimum Gasteiger partial charge on any atom is -0.200 e. The molecule has 168 valence electrons. The number of rotatable bonds is 9. The molecule has 0 saturated heterocycles. The van der Waals surface area contributed by atoms with Crippen LogP contribution in [0.3, 0.4) is 0 Å². The minimum atomic E-state index is -7.84. The van der Waals surface area contributed by atoms with Gasteiger partial charge in [-0.25, -0.2) is 0 Å². The molecule has 0 aromatic heterocycles. The summed E-state index contributed by atoms with van der Waals surface area (Å²) in [5.41, 5.74) is 0.546. The second-order valence-electron chi connectivity index (χ2n) is 6.19. The van der Waals surface area contributed by atoms with Crippen LogP contribution in [0, 0.1) is 0 Å². The normalized spacial score (nSPS) is 14.9. The van der Waals surface area contributed by atoms with Gasteiger partial charge in [-0.3, -0.25) is 0 Å². The van der Waals surface area contributed by atoms with Crippen molar-refractivity contribution in [3.63, 3.8) is 0 Å². The molecule has 1 aromatic carbocycles. The Hall–Kier alpha value is -1.69. The second kappa shape index (κ2) is 7.86. The highest BCUT2D eigenvalue weighted by Crippen LogP contribution is 2.60. The fourth-order valence-electron chi connectivity index (χ4n) is 2.28. The molecule has 0 bridgehead atoms. The predicted octanol–water partition coefficient (Wildman–Crippen LogP) is 7.14. The highest BCUT2D eigenvalue weighted by molar-refractivity contribution is 5.14. The maximum absolute atomic E-state index is 13.5. The predicted molar refractivity (Wildman–Crippen MR) is 74.8 cm³/mol. The average molecular weight is 452 g/mol. The van der Waals surface area contributed by atoms with Gasteiger partial charge >= 0.3 is 35.8 Å². The zero-order chi connectivity index (χ0) is 22.9. The summed E-state index contributed by atoms with van der Waals surface area (Å²) in [5.74, 6) is -36.4. The lowest BCUT2D eigenvalue weighted by Crippen LogP contribution is -2.70. The summed E-state index contributed by atoms with van der Waals surface area (Å²) in [6.07, 6.45) is -10.7. The Balaban J connectivity index is 3.00. The Bertz CT molecular complexity index is 661. The summed E-state index contributed by atoms with van der Waals surface area (Å²) < 4.78 is 168. The number of hydrogen-bond donors (Lipinski definition) is 0. The maximum Gasteiger partial charge on any atom is 0.460 e. The van der Waals surface area contributed by atoms with Gasteiger partial charge in [-0.1, -0.05) is 30.3 Å². The van der Waals surface area contributed by atoms with Gasteiger partial charge < -0.3 is 0 Å². The van der Waals surface area contributed by atoms with Crippen molar-refractivity contribution in [1.29, 1.82) is 0 Å². The highest BCUT2D eigenvalue weighted by Gasteiger charge is 2.90. The van der Waals surface area contributed by atoms with Gasteiger partial charge in [-0.2, -0.15) is 57.1 Å². The van der Waals surface area contributed by atoms with Crippen molar-refractivity contribution in [3.8, 4) is 0 Å². The standard InChI is InChI=1S/C16H13F13/c17-11(18,9-5-4-8-10-6-2-1-3-7-10)12(19,20)13(21,22)14(23,24)15(25,26)16(27,28)29/h1-3,6-7H,4-5,8-9H2. The topological polar surface area (TPSA) is 0 Å². The minimum absolute atomic E-state index is 0.0151. The zero-order valence-electron chi connectivity index (χ0n) is 14.1. The molecule has 0 unspecified atom stereocenters. The van der Waals surface area contributed by atoms with Crippen molar-refractivity contribution in [1.82, 2.24) is 0 Å². The molecule has 1 aromatic rings. The molecule has 0 saturated carbocycles. The molecule has 0 nitrogen and oxygen atoms in total. The van der Waals surface area contributed by atoms with Gasteiger partial charge in [0.15, 0.2) is 0 Å². The van der Waals surface area contributed by atoms with E-state index in [0.717, 1.165) is 0 Å². The molecule has 0 fully saturated rings. The number of benzene rings is 1. The Morgan fingerprint density at radius 3 is 1.41 bits per heavy atom. The smallest absolute Gasteiger partial charge is 0.200 e. The van der Waals surface area contributed by atoms with Crippen molar-refractivity contribution in [2.24, 2.45) is 0 Å². The molecule has 29 heavy (non-hydrogen) atoms. The Labute approximate surface area is 155 Å². The van der Waals surface area contributed by atoms with Crippen LogP contribution in [0.1, 0.15) is 24.8 Å². The molecule has 0 radical (unpaired) electrons. The molecule has 0 aliphatic carbocycles. The van der Waals surface area contributed by atoms with E-state index in [-0.39, 0.29) is 12.8 Å². The largest absolute Gasteiger partial charge is 0.460 e. The van der Waals surface area contributed by atoms with Crippen LogP contribution in [0.5, 0.6) is 0 Å². The first-order chi connectivity index (χ1) is 12.8. The van der Waals surface area contributed by atoms with E-state index < -0.39 is 48.6 Å². The number of aryl methyl sites for hydroxylation is 1. The third-order valence-electron chi connectivity index (χ3n) is 4.05. The van der Waals surface area contributed by atoms with Crippen molar-refractivity contribution >= 4 is 0 Å². The van der Waals surface area contributed by atoms with Crippen LogP contribution in [0.2, 0.25) is 0 Å².